The van der Waals surface area contributed by atoms with Crippen LogP contribution in [0, 0.1) is 0 Å². The topological polar surface area (TPSA) is 139 Å². The van der Waals surface area contributed by atoms with E-state index in [4.69, 9.17) is 19.4 Å². The Morgan fingerprint density at radius 3 is 2.12 bits per heavy atom. The number of likely N-dealkylation sites (N-methyl/N-ethyl adjacent to an activating group) is 1. The van der Waals surface area contributed by atoms with Crippen molar-refractivity contribution in [1.82, 2.24) is 10.3 Å². The molecule has 1 heterocycles. The second kappa shape index (κ2) is 14.6. The van der Waals surface area contributed by atoms with Crippen molar-refractivity contribution in [2.45, 2.75) is 12.6 Å². The first-order valence-electron chi connectivity index (χ1n) is 12.7. The minimum Gasteiger partial charge on any atom is -0.493 e. The molecule has 0 aliphatic heterocycles. The Labute approximate surface area is 244 Å². The lowest BCUT2D eigenvalue weighted by atomic mass is 10.1. The Morgan fingerprint density at radius 1 is 0.884 bits per heavy atom. The van der Waals surface area contributed by atoms with Crippen molar-refractivity contribution < 1.29 is 42.1 Å². The predicted octanol–water partition coefficient (Wildman–Crippen LogP) is 5.15. The van der Waals surface area contributed by atoms with Crippen molar-refractivity contribution >= 4 is 40.1 Å². The molecule has 0 aliphatic rings. The van der Waals surface area contributed by atoms with Crippen LogP contribution in [0.2, 0.25) is 0 Å². The number of hydrogen-bond donors (Lipinski definition) is 4. The lowest BCUT2D eigenvalue weighted by Gasteiger charge is -2.16. The number of alkyl halides is 3. The van der Waals surface area contributed by atoms with Crippen LogP contribution < -0.4 is 25.4 Å². The molecule has 10 nitrogen and oxygen atoms in total. The fourth-order valence-corrected chi connectivity index (χ4v) is 3.78. The summed E-state index contributed by atoms with van der Waals surface area (Å²) in [6.07, 6.45) is -2.69. The van der Waals surface area contributed by atoms with Gasteiger partial charge in [-0.1, -0.05) is 30.3 Å². The summed E-state index contributed by atoms with van der Waals surface area (Å²) in [5, 5.41) is 16.8. The Morgan fingerprint density at radius 2 is 1.51 bits per heavy atom. The van der Waals surface area contributed by atoms with E-state index in [9.17, 15) is 22.8 Å². The van der Waals surface area contributed by atoms with Gasteiger partial charge in [-0.05, 0) is 55.9 Å². The molecule has 2 amide bonds. The van der Waals surface area contributed by atoms with Crippen molar-refractivity contribution in [3.63, 3.8) is 0 Å². The molecular formula is C30H29F3N4O6. The van der Waals surface area contributed by atoms with E-state index in [1.54, 1.807) is 18.2 Å². The van der Waals surface area contributed by atoms with E-state index in [0.717, 1.165) is 29.4 Å². The van der Waals surface area contributed by atoms with E-state index in [1.807, 2.05) is 55.6 Å². The van der Waals surface area contributed by atoms with Crippen LogP contribution in [0.25, 0.3) is 10.9 Å². The number of benzene rings is 3. The molecular weight excluding hydrogens is 569 g/mol. The molecule has 0 aliphatic carbocycles. The average Bonchev–Trinajstić information content (AvgIpc) is 2.99. The van der Waals surface area contributed by atoms with Crippen LogP contribution in [0.1, 0.15) is 26.3 Å². The standard InChI is InChI=1S/C28H28N4O4.C2HF3O2/c1-29-13-12-18-8-10-21(11-9-18)31-28(34)22-15-25(35-2)26(36-3)16-24(22)32-27(33)20-14-19-6-4-5-7-23(19)30-17-20;3-2(4,5)1(6)7/h4-11,14-17,29H,12-13H2,1-3H3,(H,31,34)(H,32,33);(H,6,7). The third-order valence-corrected chi connectivity index (χ3v) is 5.99. The number of ether oxygens (including phenoxy) is 2. The number of nitrogens with one attached hydrogen (secondary N) is 3. The number of carbonyl (C=O) groups excluding carboxylic acids is 2. The highest BCUT2D eigenvalue weighted by molar-refractivity contribution is 6.13. The molecule has 0 saturated carbocycles. The van der Waals surface area contributed by atoms with Crippen LogP contribution in [0.4, 0.5) is 24.5 Å². The van der Waals surface area contributed by atoms with Gasteiger partial charge in [0.15, 0.2) is 11.5 Å². The molecule has 4 N–H and O–H groups in total. The van der Waals surface area contributed by atoms with Crippen molar-refractivity contribution in [2.75, 3.05) is 38.4 Å². The smallest absolute Gasteiger partial charge is 0.490 e. The third-order valence-electron chi connectivity index (χ3n) is 5.99. The summed E-state index contributed by atoms with van der Waals surface area (Å²) in [6, 6.07) is 20.0. The number of carboxylic acids is 1. The van der Waals surface area contributed by atoms with Gasteiger partial charge in [0.1, 0.15) is 0 Å². The van der Waals surface area contributed by atoms with Crippen LogP contribution in [-0.2, 0) is 11.2 Å². The summed E-state index contributed by atoms with van der Waals surface area (Å²) in [5.41, 5.74) is 3.47. The van der Waals surface area contributed by atoms with Crippen molar-refractivity contribution in [1.29, 1.82) is 0 Å². The second-order valence-electron chi connectivity index (χ2n) is 8.93. The zero-order valence-corrected chi connectivity index (χ0v) is 23.4. The Bertz CT molecular complexity index is 1590. The number of hydrogen-bond acceptors (Lipinski definition) is 7. The van der Waals surface area contributed by atoms with Crippen LogP contribution in [0.15, 0.2) is 72.9 Å². The highest BCUT2D eigenvalue weighted by Gasteiger charge is 2.38. The van der Waals surface area contributed by atoms with Crippen LogP contribution in [0.5, 0.6) is 11.5 Å². The Kier molecular flexibility index (Phi) is 11.0. The van der Waals surface area contributed by atoms with Crippen LogP contribution in [0.3, 0.4) is 0 Å². The number of fused-ring (bicyclic) bond motifs is 1. The molecule has 13 heteroatoms. The number of anilines is 2. The van der Waals surface area contributed by atoms with E-state index >= 15 is 0 Å². The molecule has 0 unspecified atom stereocenters. The first-order valence-corrected chi connectivity index (χ1v) is 12.7. The number of rotatable bonds is 9. The van der Waals surface area contributed by atoms with Gasteiger partial charge >= 0.3 is 12.1 Å². The minimum absolute atomic E-state index is 0.231. The summed E-state index contributed by atoms with van der Waals surface area (Å²) in [7, 11) is 4.89. The van der Waals surface area contributed by atoms with Crippen molar-refractivity contribution in [3.8, 4) is 11.5 Å². The molecule has 1 aromatic heterocycles. The minimum atomic E-state index is -5.08. The molecule has 226 valence electrons. The maximum absolute atomic E-state index is 13.3. The summed E-state index contributed by atoms with van der Waals surface area (Å²) in [4.78, 5) is 39.6. The SMILES string of the molecule is CNCCc1ccc(NC(=O)c2cc(OC)c(OC)cc2NC(=O)c2cnc3ccccc3c2)cc1.O=C(O)C(F)(F)F. The molecule has 3 aromatic carbocycles. The Balaban J connectivity index is 0.000000646. The highest BCUT2D eigenvalue weighted by Crippen LogP contribution is 2.34. The Hall–Kier alpha value is -5.17. The number of para-hydroxylation sites is 1. The van der Waals surface area contributed by atoms with Gasteiger partial charge in [-0.25, -0.2) is 4.79 Å². The highest BCUT2D eigenvalue weighted by atomic mass is 19.4. The van der Waals surface area contributed by atoms with E-state index in [1.165, 1.54) is 20.4 Å². The van der Waals surface area contributed by atoms with Crippen molar-refractivity contribution in [2.24, 2.45) is 0 Å². The number of carbonyl (C=O) groups is 3. The third kappa shape index (κ3) is 8.91. The monoisotopic (exact) mass is 598 g/mol. The number of pyridine rings is 1. The quantitative estimate of drug-likeness (QED) is 0.208. The number of amides is 2. The van der Waals surface area contributed by atoms with E-state index in [0.29, 0.717) is 22.7 Å². The molecule has 4 rings (SSSR count). The summed E-state index contributed by atoms with van der Waals surface area (Å²) < 4.78 is 42.5. The van der Waals surface area contributed by atoms with Gasteiger partial charge in [0, 0.05) is 23.3 Å². The predicted molar refractivity (Wildman–Crippen MR) is 155 cm³/mol. The van der Waals surface area contributed by atoms with Gasteiger partial charge in [0.2, 0.25) is 0 Å². The lowest BCUT2D eigenvalue weighted by molar-refractivity contribution is -0.192. The lowest BCUT2D eigenvalue weighted by Crippen LogP contribution is -2.21. The number of halogens is 3. The van der Waals surface area contributed by atoms with E-state index in [-0.39, 0.29) is 11.3 Å². The largest absolute Gasteiger partial charge is 0.493 e. The maximum Gasteiger partial charge on any atom is 0.490 e. The first-order chi connectivity index (χ1) is 20.5. The molecule has 43 heavy (non-hydrogen) atoms. The van der Waals surface area contributed by atoms with E-state index in [2.05, 4.69) is 20.9 Å². The number of carboxylic acid groups (broad SMARTS) is 1. The van der Waals surface area contributed by atoms with E-state index < -0.39 is 24.0 Å². The number of nitrogens with zero attached hydrogens (tertiary/aromatic N) is 1. The summed E-state index contributed by atoms with van der Waals surface area (Å²) >= 11 is 0. The molecule has 0 saturated heterocycles. The number of aromatic nitrogens is 1. The molecule has 4 aromatic rings. The molecule has 0 atom stereocenters. The fourth-order valence-electron chi connectivity index (χ4n) is 3.78. The molecule has 0 spiro atoms. The van der Waals surface area contributed by atoms with Gasteiger partial charge in [0.25, 0.3) is 11.8 Å². The van der Waals surface area contributed by atoms with Crippen LogP contribution >= 0.6 is 0 Å². The van der Waals surface area contributed by atoms with Gasteiger partial charge in [-0.2, -0.15) is 13.2 Å². The molecule has 0 fully saturated rings. The fraction of sp³-hybridized carbons (Fsp3) is 0.200. The van der Waals surface area contributed by atoms with Gasteiger partial charge in [-0.3, -0.25) is 14.6 Å². The second-order valence-corrected chi connectivity index (χ2v) is 8.93. The number of aliphatic carboxylic acids is 1. The van der Waals surface area contributed by atoms with Gasteiger partial charge < -0.3 is 30.5 Å². The van der Waals surface area contributed by atoms with Crippen molar-refractivity contribution in [3.05, 3.63) is 89.6 Å². The summed E-state index contributed by atoms with van der Waals surface area (Å²) in [6.45, 7) is 0.868. The zero-order chi connectivity index (χ0) is 31.6. The summed E-state index contributed by atoms with van der Waals surface area (Å²) in [5.74, 6) is -2.80. The normalized spacial score (nSPS) is 10.7. The molecule has 0 bridgehead atoms. The maximum atomic E-state index is 13.3. The first kappa shape index (κ1) is 32.3. The van der Waals surface area contributed by atoms with Gasteiger partial charge in [0.05, 0.1) is 36.6 Å². The number of methoxy groups -OCH3 is 2. The average molecular weight is 599 g/mol. The molecule has 0 radical (unpaired) electrons. The zero-order valence-electron chi connectivity index (χ0n) is 23.4. The van der Waals surface area contributed by atoms with Gasteiger partial charge in [-0.15, -0.1) is 0 Å². The van der Waals surface area contributed by atoms with Crippen LogP contribution in [-0.4, -0.2) is 61.9 Å².